The van der Waals surface area contributed by atoms with Gasteiger partial charge in [0.2, 0.25) is 0 Å². The first kappa shape index (κ1) is 24.4. The Morgan fingerprint density at radius 2 is 1.87 bits per heavy atom. The first-order chi connectivity index (χ1) is 14.4. The van der Waals surface area contributed by atoms with Gasteiger partial charge in [-0.05, 0) is 37.1 Å². The maximum Gasteiger partial charge on any atom is 0.490 e. The number of benzene rings is 1. The number of carbonyl (C=O) groups is 2. The Morgan fingerprint density at radius 1 is 1.19 bits per heavy atom. The Bertz CT molecular complexity index is 930. The Hall–Kier alpha value is -2.86. The molecule has 1 saturated heterocycles. The fourth-order valence-corrected chi connectivity index (χ4v) is 2.88. The summed E-state index contributed by atoms with van der Waals surface area (Å²) in [7, 11) is 0. The molecule has 2 heterocycles. The summed E-state index contributed by atoms with van der Waals surface area (Å²) in [5, 5.41) is 23.1. The van der Waals surface area contributed by atoms with E-state index in [1.165, 1.54) is 0 Å². The lowest BCUT2D eigenvalue weighted by Crippen LogP contribution is -2.63. The molecule has 1 aromatic heterocycles. The van der Waals surface area contributed by atoms with Crippen molar-refractivity contribution in [1.82, 2.24) is 15.6 Å². The van der Waals surface area contributed by atoms with E-state index in [4.69, 9.17) is 9.90 Å². The van der Waals surface area contributed by atoms with Gasteiger partial charge in [-0.15, -0.1) is 0 Å². The molecule has 1 aliphatic heterocycles. The Labute approximate surface area is 173 Å². The van der Waals surface area contributed by atoms with Crippen molar-refractivity contribution in [3.8, 4) is 0 Å². The number of β-amino-alcohol motifs (C(OH)–C–C–N with tert-alkyl or cyclic N) is 1. The smallest absolute Gasteiger partial charge is 0.475 e. The van der Waals surface area contributed by atoms with Gasteiger partial charge in [0.1, 0.15) is 5.60 Å². The van der Waals surface area contributed by atoms with Crippen LogP contribution in [-0.2, 0) is 16.1 Å². The molecule has 31 heavy (non-hydrogen) atoms. The second kappa shape index (κ2) is 9.52. The average Bonchev–Trinajstić information content (AvgIpc) is 2.72. The maximum atomic E-state index is 14.3. The summed E-state index contributed by atoms with van der Waals surface area (Å²) in [6.07, 6.45) is -3.15. The summed E-state index contributed by atoms with van der Waals surface area (Å²) in [6, 6.07) is 9.01. The number of nitrogens with one attached hydrogen (secondary N) is 2. The molecule has 0 bridgehead atoms. The first-order valence-corrected chi connectivity index (χ1v) is 9.10. The fraction of sp³-hybridized carbons (Fsp3) is 0.421. The standard InChI is InChI=1S/C17H19F2N3O2.C2HF3O2/c18-17(19,16(24)6-2-7-20-11-16)15(23)22-10-12-4-5-13-3-1-8-21-14(13)9-12;3-2(4,5)1(6)7/h1,3-5,8-9,20,24H,2,6-7,10-11H2,(H,22,23);(H,6,7). The van der Waals surface area contributed by atoms with Crippen molar-refractivity contribution in [3.63, 3.8) is 0 Å². The van der Waals surface area contributed by atoms with Crippen LogP contribution in [0.25, 0.3) is 10.9 Å². The number of carboxylic acids is 1. The SMILES string of the molecule is O=C(NCc1ccc2cccnc2c1)C(F)(F)C1(O)CCCNC1.O=C(O)C(F)(F)F. The molecule has 170 valence electrons. The molecular weight excluding hydrogens is 429 g/mol. The summed E-state index contributed by atoms with van der Waals surface area (Å²) >= 11 is 0. The Kier molecular flexibility index (Phi) is 7.49. The normalized spacial score (nSPS) is 19.3. The molecule has 0 radical (unpaired) electrons. The molecule has 3 rings (SSSR count). The minimum absolute atomic E-state index is 0.0511. The van der Waals surface area contributed by atoms with E-state index in [0.29, 0.717) is 18.5 Å². The van der Waals surface area contributed by atoms with Crippen LogP contribution in [0.3, 0.4) is 0 Å². The number of pyridine rings is 1. The number of aliphatic carboxylic acids is 1. The van der Waals surface area contributed by atoms with E-state index in [1.54, 1.807) is 18.3 Å². The van der Waals surface area contributed by atoms with Gasteiger partial charge in [0.25, 0.3) is 5.91 Å². The fourth-order valence-electron chi connectivity index (χ4n) is 2.88. The summed E-state index contributed by atoms with van der Waals surface area (Å²) in [6.45, 7) is 0.210. The minimum atomic E-state index is -5.08. The van der Waals surface area contributed by atoms with Gasteiger partial charge in [0, 0.05) is 24.7 Å². The predicted octanol–water partition coefficient (Wildman–Crippen LogP) is 2.23. The molecule has 1 unspecified atom stereocenters. The van der Waals surface area contributed by atoms with Crippen LogP contribution >= 0.6 is 0 Å². The molecule has 7 nitrogen and oxygen atoms in total. The van der Waals surface area contributed by atoms with Crippen LogP contribution in [0.4, 0.5) is 22.0 Å². The number of aliphatic hydroxyl groups is 1. The molecule has 1 fully saturated rings. The largest absolute Gasteiger partial charge is 0.490 e. The van der Waals surface area contributed by atoms with Crippen molar-refractivity contribution in [3.05, 3.63) is 42.1 Å². The van der Waals surface area contributed by atoms with E-state index in [1.807, 2.05) is 18.2 Å². The van der Waals surface area contributed by atoms with E-state index in [0.717, 1.165) is 10.9 Å². The topological polar surface area (TPSA) is 112 Å². The van der Waals surface area contributed by atoms with Crippen molar-refractivity contribution < 1.29 is 41.8 Å². The van der Waals surface area contributed by atoms with Gasteiger partial charge in [-0.3, -0.25) is 9.78 Å². The zero-order chi connectivity index (χ0) is 23.3. The number of alkyl halides is 5. The lowest BCUT2D eigenvalue weighted by molar-refractivity contribution is -0.197. The van der Waals surface area contributed by atoms with E-state index in [9.17, 15) is 31.9 Å². The molecule has 0 aliphatic carbocycles. The number of piperidine rings is 1. The summed E-state index contributed by atoms with van der Waals surface area (Å²) in [5.41, 5.74) is -0.953. The molecule has 4 N–H and O–H groups in total. The molecule has 12 heteroatoms. The molecule has 2 aromatic rings. The van der Waals surface area contributed by atoms with Crippen LogP contribution in [0.5, 0.6) is 0 Å². The lowest BCUT2D eigenvalue weighted by atomic mass is 9.87. The second-order valence-corrected chi connectivity index (χ2v) is 6.90. The number of fused-ring (bicyclic) bond motifs is 1. The summed E-state index contributed by atoms with van der Waals surface area (Å²) in [5.74, 6) is -8.07. The van der Waals surface area contributed by atoms with Crippen LogP contribution in [0, 0.1) is 0 Å². The van der Waals surface area contributed by atoms with E-state index in [2.05, 4.69) is 15.6 Å². The highest BCUT2D eigenvalue weighted by Crippen LogP contribution is 2.34. The third-order valence-electron chi connectivity index (χ3n) is 4.60. The molecular formula is C19H20F5N3O4. The van der Waals surface area contributed by atoms with Crippen molar-refractivity contribution >= 4 is 22.8 Å². The summed E-state index contributed by atoms with van der Waals surface area (Å²) < 4.78 is 60.4. The van der Waals surface area contributed by atoms with E-state index < -0.39 is 29.6 Å². The van der Waals surface area contributed by atoms with Gasteiger partial charge in [-0.25, -0.2) is 4.79 Å². The monoisotopic (exact) mass is 449 g/mol. The van der Waals surface area contributed by atoms with Crippen molar-refractivity contribution in [2.45, 2.75) is 37.1 Å². The third kappa shape index (κ3) is 6.07. The van der Waals surface area contributed by atoms with Crippen molar-refractivity contribution in [2.75, 3.05) is 13.1 Å². The highest BCUT2D eigenvalue weighted by atomic mass is 19.4. The third-order valence-corrected chi connectivity index (χ3v) is 4.60. The first-order valence-electron chi connectivity index (χ1n) is 9.10. The van der Waals surface area contributed by atoms with Crippen LogP contribution in [0.1, 0.15) is 18.4 Å². The maximum absolute atomic E-state index is 14.3. The highest BCUT2D eigenvalue weighted by Gasteiger charge is 2.58. The van der Waals surface area contributed by atoms with Crippen LogP contribution in [0.2, 0.25) is 0 Å². The number of carbonyl (C=O) groups excluding carboxylic acids is 1. The molecule has 1 amide bonds. The number of nitrogens with zero attached hydrogens (tertiary/aromatic N) is 1. The van der Waals surface area contributed by atoms with Gasteiger partial charge in [0.05, 0.1) is 5.52 Å². The van der Waals surface area contributed by atoms with E-state index in [-0.39, 0.29) is 19.5 Å². The lowest BCUT2D eigenvalue weighted by Gasteiger charge is -2.37. The van der Waals surface area contributed by atoms with Gasteiger partial charge in [-0.2, -0.15) is 22.0 Å². The number of hydrogen-bond donors (Lipinski definition) is 4. The number of halogens is 5. The van der Waals surface area contributed by atoms with Crippen LogP contribution in [0.15, 0.2) is 36.5 Å². The second-order valence-electron chi connectivity index (χ2n) is 6.90. The number of carboxylic acid groups (broad SMARTS) is 1. The predicted molar refractivity (Wildman–Crippen MR) is 99.3 cm³/mol. The average molecular weight is 449 g/mol. The highest BCUT2D eigenvalue weighted by molar-refractivity contribution is 5.85. The molecule has 0 saturated carbocycles. The Balaban J connectivity index is 0.000000423. The van der Waals surface area contributed by atoms with Gasteiger partial charge in [-0.1, -0.05) is 18.2 Å². The van der Waals surface area contributed by atoms with E-state index >= 15 is 0 Å². The number of rotatable bonds is 4. The van der Waals surface area contributed by atoms with Crippen molar-refractivity contribution in [1.29, 1.82) is 0 Å². The van der Waals surface area contributed by atoms with Crippen LogP contribution < -0.4 is 10.6 Å². The summed E-state index contributed by atoms with van der Waals surface area (Å²) in [4.78, 5) is 25.0. The van der Waals surface area contributed by atoms with Gasteiger partial charge in [0.15, 0.2) is 0 Å². The van der Waals surface area contributed by atoms with Gasteiger partial charge >= 0.3 is 18.1 Å². The van der Waals surface area contributed by atoms with Crippen molar-refractivity contribution in [2.24, 2.45) is 0 Å². The zero-order valence-electron chi connectivity index (χ0n) is 16.0. The number of hydrogen-bond acceptors (Lipinski definition) is 5. The molecule has 0 spiro atoms. The van der Waals surface area contributed by atoms with Crippen LogP contribution in [-0.4, -0.2) is 57.9 Å². The Morgan fingerprint density at radius 3 is 2.45 bits per heavy atom. The number of amides is 1. The molecule has 1 atom stereocenters. The quantitative estimate of drug-likeness (QED) is 0.533. The molecule has 1 aliphatic rings. The number of aromatic nitrogens is 1. The molecule has 1 aromatic carbocycles. The van der Waals surface area contributed by atoms with Gasteiger partial charge < -0.3 is 20.8 Å². The zero-order valence-corrected chi connectivity index (χ0v) is 16.0. The minimum Gasteiger partial charge on any atom is -0.475 e.